The molecule has 3 heteroatoms. The Morgan fingerprint density at radius 1 is 1.05 bits per heavy atom. The van der Waals surface area contributed by atoms with Crippen LogP contribution in [0.3, 0.4) is 0 Å². The third kappa shape index (κ3) is 2.89. The maximum atomic E-state index is 4.30. The maximum Gasteiger partial charge on any atom is 0.0617 e. The second-order valence-corrected chi connectivity index (χ2v) is 5.39. The number of pyridine rings is 1. The van der Waals surface area contributed by atoms with Gasteiger partial charge in [-0.15, -0.1) is 0 Å². The van der Waals surface area contributed by atoms with Crippen molar-refractivity contribution in [3.8, 4) is 0 Å². The highest BCUT2D eigenvalue weighted by Gasteiger charge is 2.23. The summed E-state index contributed by atoms with van der Waals surface area (Å²) in [4.78, 5) is 6.84. The first-order valence-electron chi connectivity index (χ1n) is 7.26. The summed E-state index contributed by atoms with van der Waals surface area (Å²) in [5.74, 6) is 0. The molecule has 1 aromatic carbocycles. The molecule has 1 atom stereocenters. The number of benzene rings is 1. The normalized spacial score (nSPS) is 17.9. The summed E-state index contributed by atoms with van der Waals surface area (Å²) < 4.78 is 0. The highest BCUT2D eigenvalue weighted by Crippen LogP contribution is 2.28. The van der Waals surface area contributed by atoms with Gasteiger partial charge in [0.25, 0.3) is 0 Å². The Morgan fingerprint density at radius 2 is 1.80 bits per heavy atom. The van der Waals surface area contributed by atoms with Crippen molar-refractivity contribution in [3.63, 3.8) is 0 Å². The topological polar surface area (TPSA) is 28.2 Å². The maximum absolute atomic E-state index is 4.30. The molecule has 0 aliphatic carbocycles. The predicted molar refractivity (Wildman–Crippen MR) is 81.7 cm³/mol. The largest absolute Gasteiger partial charge is 0.314 e. The van der Waals surface area contributed by atoms with Crippen LogP contribution in [-0.4, -0.2) is 36.1 Å². The van der Waals surface area contributed by atoms with Gasteiger partial charge in [-0.2, -0.15) is 0 Å². The Bertz CT molecular complexity index is 530. The van der Waals surface area contributed by atoms with E-state index in [9.17, 15) is 0 Å². The van der Waals surface area contributed by atoms with E-state index in [1.54, 1.807) is 0 Å². The number of hydrogen-bond donors (Lipinski definition) is 1. The van der Waals surface area contributed by atoms with Gasteiger partial charge in [0.1, 0.15) is 0 Å². The Labute approximate surface area is 120 Å². The molecule has 104 valence electrons. The third-order valence-corrected chi connectivity index (χ3v) is 3.91. The van der Waals surface area contributed by atoms with E-state index in [1.807, 2.05) is 18.5 Å². The molecule has 1 aliphatic rings. The van der Waals surface area contributed by atoms with Crippen LogP contribution in [0.25, 0.3) is 0 Å². The summed E-state index contributed by atoms with van der Waals surface area (Å²) in [6.07, 6.45) is 3.83. The van der Waals surface area contributed by atoms with Gasteiger partial charge in [-0.25, -0.2) is 0 Å². The zero-order valence-electron chi connectivity index (χ0n) is 11.9. The third-order valence-electron chi connectivity index (χ3n) is 3.91. The van der Waals surface area contributed by atoms with Gasteiger partial charge >= 0.3 is 0 Å². The first-order chi connectivity index (χ1) is 9.84. The van der Waals surface area contributed by atoms with Gasteiger partial charge < -0.3 is 5.32 Å². The van der Waals surface area contributed by atoms with Gasteiger partial charge in [-0.05, 0) is 24.1 Å². The number of aromatic nitrogens is 1. The molecular formula is C17H21N3. The lowest BCUT2D eigenvalue weighted by molar-refractivity contribution is 0.198. The minimum absolute atomic E-state index is 0.311. The molecule has 20 heavy (non-hydrogen) atoms. The second kappa shape index (κ2) is 6.16. The number of nitrogens with one attached hydrogen (secondary N) is 1. The molecule has 3 rings (SSSR count). The molecule has 1 aliphatic heterocycles. The lowest BCUT2D eigenvalue weighted by atomic mass is 9.97. The Kier molecular flexibility index (Phi) is 4.09. The minimum Gasteiger partial charge on any atom is -0.314 e. The molecule has 0 saturated carbocycles. The number of piperazine rings is 1. The van der Waals surface area contributed by atoms with Crippen molar-refractivity contribution < 1.29 is 0 Å². The molecule has 0 spiro atoms. The van der Waals surface area contributed by atoms with Gasteiger partial charge in [0.2, 0.25) is 0 Å². The van der Waals surface area contributed by atoms with E-state index in [1.165, 1.54) is 16.7 Å². The monoisotopic (exact) mass is 267 g/mol. The van der Waals surface area contributed by atoms with E-state index in [4.69, 9.17) is 0 Å². The van der Waals surface area contributed by atoms with Gasteiger partial charge in [0.05, 0.1) is 6.04 Å². The van der Waals surface area contributed by atoms with Crippen LogP contribution in [-0.2, 0) is 0 Å². The molecular weight excluding hydrogens is 246 g/mol. The average Bonchev–Trinajstić information content (AvgIpc) is 2.52. The van der Waals surface area contributed by atoms with Crippen LogP contribution in [0, 0.1) is 6.92 Å². The zero-order valence-corrected chi connectivity index (χ0v) is 11.9. The smallest absolute Gasteiger partial charge is 0.0617 e. The number of nitrogens with zero attached hydrogens (tertiary/aromatic N) is 2. The molecule has 0 radical (unpaired) electrons. The Balaban J connectivity index is 1.96. The van der Waals surface area contributed by atoms with Gasteiger partial charge in [0, 0.05) is 38.6 Å². The van der Waals surface area contributed by atoms with E-state index < -0.39 is 0 Å². The SMILES string of the molecule is Cc1ccc(C(c2cccnc2)N2CCNCC2)cc1. The predicted octanol–water partition coefficient (Wildman–Crippen LogP) is 2.38. The van der Waals surface area contributed by atoms with Crippen molar-refractivity contribution in [2.75, 3.05) is 26.2 Å². The van der Waals surface area contributed by atoms with E-state index in [0.717, 1.165) is 26.2 Å². The van der Waals surface area contributed by atoms with Crippen molar-refractivity contribution in [2.45, 2.75) is 13.0 Å². The van der Waals surface area contributed by atoms with E-state index in [0.29, 0.717) is 6.04 Å². The lowest BCUT2D eigenvalue weighted by Gasteiger charge is -2.35. The molecule has 2 heterocycles. The summed E-state index contributed by atoms with van der Waals surface area (Å²) in [6, 6.07) is 13.4. The molecule has 1 unspecified atom stereocenters. The molecule has 0 amide bonds. The molecule has 3 nitrogen and oxygen atoms in total. The quantitative estimate of drug-likeness (QED) is 0.925. The standard InChI is InChI=1S/C17H21N3/c1-14-4-6-15(7-5-14)17(16-3-2-8-19-13-16)20-11-9-18-10-12-20/h2-8,13,17-18H,9-12H2,1H3. The van der Waals surface area contributed by atoms with Crippen molar-refractivity contribution in [3.05, 3.63) is 65.5 Å². The first kappa shape index (κ1) is 13.3. The molecule has 1 N–H and O–H groups in total. The fourth-order valence-corrected chi connectivity index (χ4v) is 2.84. The Hall–Kier alpha value is -1.71. The van der Waals surface area contributed by atoms with Crippen LogP contribution in [0.1, 0.15) is 22.7 Å². The second-order valence-electron chi connectivity index (χ2n) is 5.39. The summed E-state index contributed by atoms with van der Waals surface area (Å²) in [7, 11) is 0. The molecule has 1 saturated heterocycles. The van der Waals surface area contributed by atoms with Crippen molar-refractivity contribution >= 4 is 0 Å². The highest BCUT2D eigenvalue weighted by molar-refractivity contribution is 5.32. The summed E-state index contributed by atoms with van der Waals surface area (Å²) in [5.41, 5.74) is 3.93. The van der Waals surface area contributed by atoms with E-state index >= 15 is 0 Å². The molecule has 2 aromatic rings. The lowest BCUT2D eigenvalue weighted by Crippen LogP contribution is -2.45. The fourth-order valence-electron chi connectivity index (χ4n) is 2.84. The Morgan fingerprint density at radius 3 is 2.45 bits per heavy atom. The molecule has 1 fully saturated rings. The summed E-state index contributed by atoms with van der Waals surface area (Å²) >= 11 is 0. The van der Waals surface area contributed by atoms with Crippen LogP contribution in [0.2, 0.25) is 0 Å². The summed E-state index contributed by atoms with van der Waals surface area (Å²) in [5, 5.41) is 3.42. The number of hydrogen-bond acceptors (Lipinski definition) is 3. The van der Waals surface area contributed by atoms with Crippen molar-refractivity contribution in [2.24, 2.45) is 0 Å². The number of rotatable bonds is 3. The van der Waals surface area contributed by atoms with Crippen LogP contribution < -0.4 is 5.32 Å². The van der Waals surface area contributed by atoms with Gasteiger partial charge in [-0.1, -0.05) is 35.9 Å². The summed E-state index contributed by atoms with van der Waals surface area (Å²) in [6.45, 7) is 6.40. The first-order valence-corrected chi connectivity index (χ1v) is 7.26. The highest BCUT2D eigenvalue weighted by atomic mass is 15.2. The minimum atomic E-state index is 0.311. The van der Waals surface area contributed by atoms with Crippen LogP contribution in [0.5, 0.6) is 0 Å². The van der Waals surface area contributed by atoms with Crippen molar-refractivity contribution in [1.82, 2.24) is 15.2 Å². The van der Waals surface area contributed by atoms with E-state index in [2.05, 4.69) is 52.5 Å². The average molecular weight is 267 g/mol. The van der Waals surface area contributed by atoms with Gasteiger partial charge in [-0.3, -0.25) is 9.88 Å². The fraction of sp³-hybridized carbons (Fsp3) is 0.353. The molecule has 1 aromatic heterocycles. The van der Waals surface area contributed by atoms with Crippen LogP contribution in [0.15, 0.2) is 48.8 Å². The van der Waals surface area contributed by atoms with E-state index in [-0.39, 0.29) is 0 Å². The number of aryl methyl sites for hydroxylation is 1. The van der Waals surface area contributed by atoms with Crippen molar-refractivity contribution in [1.29, 1.82) is 0 Å². The molecule has 0 bridgehead atoms. The zero-order chi connectivity index (χ0) is 13.8. The van der Waals surface area contributed by atoms with Crippen LogP contribution in [0.4, 0.5) is 0 Å². The van der Waals surface area contributed by atoms with Crippen LogP contribution >= 0.6 is 0 Å². The van der Waals surface area contributed by atoms with Gasteiger partial charge in [0.15, 0.2) is 0 Å².